The van der Waals surface area contributed by atoms with E-state index in [2.05, 4.69) is 33.0 Å². The topological polar surface area (TPSA) is 47.7 Å². The van der Waals surface area contributed by atoms with Gasteiger partial charge in [-0.05, 0) is 19.1 Å². The van der Waals surface area contributed by atoms with E-state index in [1.165, 1.54) is 0 Å². The Kier molecular flexibility index (Phi) is 2.74. The highest BCUT2D eigenvalue weighted by Crippen LogP contribution is 2.21. The number of hydrogen-bond donors (Lipinski definition) is 1. The zero-order valence-electron chi connectivity index (χ0n) is 11.3. The van der Waals surface area contributed by atoms with Gasteiger partial charge in [-0.15, -0.1) is 0 Å². The molecule has 0 fully saturated rings. The Morgan fingerprint density at radius 1 is 1.16 bits per heavy atom. The van der Waals surface area contributed by atoms with Gasteiger partial charge in [-0.2, -0.15) is 5.10 Å². The van der Waals surface area contributed by atoms with Crippen molar-refractivity contribution in [3.05, 3.63) is 42.4 Å². The maximum absolute atomic E-state index is 4.68. The molecule has 2 heterocycles. The van der Waals surface area contributed by atoms with Crippen LogP contribution in [0.2, 0.25) is 0 Å². The molecule has 1 N–H and O–H groups in total. The fourth-order valence-corrected chi connectivity index (χ4v) is 2.33. The molecule has 0 aliphatic heterocycles. The highest BCUT2D eigenvalue weighted by Gasteiger charge is 2.14. The minimum Gasteiger partial charge on any atom is -0.359 e. The van der Waals surface area contributed by atoms with E-state index in [-0.39, 0.29) is 6.04 Å². The van der Waals surface area contributed by atoms with Crippen molar-refractivity contribution in [2.24, 2.45) is 14.1 Å². The van der Waals surface area contributed by atoms with Crippen molar-refractivity contribution in [1.29, 1.82) is 0 Å². The molecule has 2 aromatic heterocycles. The van der Waals surface area contributed by atoms with Crippen LogP contribution in [0.1, 0.15) is 18.8 Å². The third-order valence-corrected chi connectivity index (χ3v) is 3.29. The molecule has 3 aromatic rings. The minimum atomic E-state index is 0.104. The molecule has 0 amide bonds. The number of rotatable bonds is 3. The summed E-state index contributed by atoms with van der Waals surface area (Å²) >= 11 is 0. The number of nitrogens with zero attached hydrogens (tertiary/aromatic N) is 4. The molecule has 0 aliphatic carbocycles. The standard InChI is InChI=1S/C14H17N5/c1-10(15-13-8-9-18(2)17-13)14-16-11-6-4-5-7-12(11)19(14)3/h4-10H,1-3H3,(H,15,17). The van der Waals surface area contributed by atoms with Crippen LogP contribution in [0.15, 0.2) is 36.5 Å². The van der Waals surface area contributed by atoms with Crippen LogP contribution < -0.4 is 5.32 Å². The van der Waals surface area contributed by atoms with Crippen molar-refractivity contribution >= 4 is 16.9 Å². The maximum Gasteiger partial charge on any atom is 0.148 e. The summed E-state index contributed by atoms with van der Waals surface area (Å²) in [6, 6.07) is 10.2. The van der Waals surface area contributed by atoms with E-state index in [0.29, 0.717) is 0 Å². The van der Waals surface area contributed by atoms with Gasteiger partial charge in [0.2, 0.25) is 0 Å². The summed E-state index contributed by atoms with van der Waals surface area (Å²) in [7, 11) is 3.95. The number of fused-ring (bicyclic) bond motifs is 1. The molecule has 1 atom stereocenters. The molecule has 0 radical (unpaired) electrons. The van der Waals surface area contributed by atoms with Crippen molar-refractivity contribution in [2.75, 3.05) is 5.32 Å². The second-order valence-corrected chi connectivity index (χ2v) is 4.76. The molecule has 19 heavy (non-hydrogen) atoms. The average Bonchev–Trinajstić information content (AvgIpc) is 2.94. The molecule has 98 valence electrons. The molecule has 0 saturated heterocycles. The van der Waals surface area contributed by atoms with Gasteiger partial charge in [0, 0.05) is 26.4 Å². The third-order valence-electron chi connectivity index (χ3n) is 3.29. The number of para-hydroxylation sites is 2. The largest absolute Gasteiger partial charge is 0.359 e. The van der Waals surface area contributed by atoms with E-state index >= 15 is 0 Å². The molecule has 0 bridgehead atoms. The average molecular weight is 255 g/mol. The molecule has 0 spiro atoms. The molecule has 3 rings (SSSR count). The quantitative estimate of drug-likeness (QED) is 0.782. The summed E-state index contributed by atoms with van der Waals surface area (Å²) in [5.74, 6) is 1.87. The first-order valence-electron chi connectivity index (χ1n) is 6.32. The molecular formula is C14H17N5. The van der Waals surface area contributed by atoms with Crippen LogP contribution in [0.3, 0.4) is 0 Å². The van der Waals surface area contributed by atoms with Gasteiger partial charge in [0.25, 0.3) is 0 Å². The van der Waals surface area contributed by atoms with E-state index in [1.807, 2.05) is 44.6 Å². The molecule has 1 aromatic carbocycles. The van der Waals surface area contributed by atoms with E-state index in [0.717, 1.165) is 22.7 Å². The Balaban J connectivity index is 1.93. The van der Waals surface area contributed by atoms with Gasteiger partial charge in [-0.3, -0.25) is 4.68 Å². The number of benzene rings is 1. The lowest BCUT2D eigenvalue weighted by atomic mass is 10.3. The summed E-state index contributed by atoms with van der Waals surface area (Å²) in [5, 5.41) is 7.69. The Hall–Kier alpha value is -2.30. The highest BCUT2D eigenvalue weighted by atomic mass is 15.3. The zero-order valence-corrected chi connectivity index (χ0v) is 11.3. The zero-order chi connectivity index (χ0) is 13.4. The Morgan fingerprint density at radius 2 is 1.95 bits per heavy atom. The van der Waals surface area contributed by atoms with Crippen molar-refractivity contribution in [3.63, 3.8) is 0 Å². The van der Waals surface area contributed by atoms with Crippen molar-refractivity contribution in [3.8, 4) is 0 Å². The number of aromatic nitrogens is 4. The highest BCUT2D eigenvalue weighted by molar-refractivity contribution is 5.75. The van der Waals surface area contributed by atoms with Gasteiger partial charge in [0.05, 0.1) is 17.1 Å². The monoisotopic (exact) mass is 255 g/mol. The molecule has 1 unspecified atom stereocenters. The summed E-state index contributed by atoms with van der Waals surface area (Å²) in [4.78, 5) is 4.68. The van der Waals surface area contributed by atoms with Crippen LogP contribution in [0, 0.1) is 0 Å². The third kappa shape index (κ3) is 2.07. The van der Waals surface area contributed by atoms with Crippen LogP contribution in [-0.4, -0.2) is 19.3 Å². The lowest BCUT2D eigenvalue weighted by Crippen LogP contribution is -2.12. The first-order valence-corrected chi connectivity index (χ1v) is 6.32. The second-order valence-electron chi connectivity index (χ2n) is 4.76. The van der Waals surface area contributed by atoms with Gasteiger partial charge in [0.15, 0.2) is 0 Å². The predicted molar refractivity (Wildman–Crippen MR) is 76.0 cm³/mol. The number of aryl methyl sites for hydroxylation is 2. The first-order chi connectivity index (χ1) is 9.15. The molecular weight excluding hydrogens is 238 g/mol. The van der Waals surface area contributed by atoms with E-state index in [4.69, 9.17) is 0 Å². The molecule has 0 aliphatic rings. The van der Waals surface area contributed by atoms with Gasteiger partial charge in [-0.25, -0.2) is 4.98 Å². The number of imidazole rings is 1. The minimum absolute atomic E-state index is 0.104. The Bertz CT molecular complexity index is 710. The van der Waals surface area contributed by atoms with Gasteiger partial charge < -0.3 is 9.88 Å². The van der Waals surface area contributed by atoms with Crippen molar-refractivity contribution in [1.82, 2.24) is 19.3 Å². The first kappa shape index (κ1) is 11.8. The number of nitrogens with one attached hydrogen (secondary N) is 1. The van der Waals surface area contributed by atoms with Gasteiger partial charge >= 0.3 is 0 Å². The van der Waals surface area contributed by atoms with Gasteiger partial charge in [-0.1, -0.05) is 12.1 Å². The SMILES string of the molecule is CC(Nc1ccn(C)n1)c1nc2ccccc2n1C. The van der Waals surface area contributed by atoms with Crippen molar-refractivity contribution < 1.29 is 0 Å². The fraction of sp³-hybridized carbons (Fsp3) is 0.286. The molecule has 0 saturated carbocycles. The summed E-state index contributed by atoms with van der Waals surface area (Å²) < 4.78 is 3.90. The van der Waals surface area contributed by atoms with E-state index < -0.39 is 0 Å². The Morgan fingerprint density at radius 3 is 2.63 bits per heavy atom. The number of anilines is 1. The van der Waals surface area contributed by atoms with E-state index in [1.54, 1.807) is 4.68 Å². The summed E-state index contributed by atoms with van der Waals surface area (Å²) in [6.45, 7) is 2.09. The fourth-order valence-electron chi connectivity index (χ4n) is 2.33. The van der Waals surface area contributed by atoms with Crippen LogP contribution in [0.25, 0.3) is 11.0 Å². The second kappa shape index (κ2) is 4.42. The molecule has 5 nitrogen and oxygen atoms in total. The van der Waals surface area contributed by atoms with Crippen LogP contribution in [0.4, 0.5) is 5.82 Å². The predicted octanol–water partition coefficient (Wildman–Crippen LogP) is 2.48. The normalized spacial score (nSPS) is 12.8. The van der Waals surface area contributed by atoms with Gasteiger partial charge in [0.1, 0.15) is 11.6 Å². The van der Waals surface area contributed by atoms with Crippen LogP contribution in [-0.2, 0) is 14.1 Å². The Labute approximate surface area is 111 Å². The van der Waals surface area contributed by atoms with Crippen LogP contribution >= 0.6 is 0 Å². The van der Waals surface area contributed by atoms with Crippen LogP contribution in [0.5, 0.6) is 0 Å². The lowest BCUT2D eigenvalue weighted by molar-refractivity contribution is 0.718. The summed E-state index contributed by atoms with van der Waals surface area (Å²) in [6.07, 6.45) is 1.92. The van der Waals surface area contributed by atoms with Crippen molar-refractivity contribution in [2.45, 2.75) is 13.0 Å². The molecule has 5 heteroatoms. The van der Waals surface area contributed by atoms with E-state index in [9.17, 15) is 0 Å². The smallest absolute Gasteiger partial charge is 0.148 e. The lowest BCUT2D eigenvalue weighted by Gasteiger charge is -2.12. The summed E-state index contributed by atoms with van der Waals surface area (Å²) in [5.41, 5.74) is 2.17. The number of hydrogen-bond acceptors (Lipinski definition) is 3. The maximum atomic E-state index is 4.68.